The van der Waals surface area contributed by atoms with E-state index in [4.69, 9.17) is 0 Å². The summed E-state index contributed by atoms with van der Waals surface area (Å²) in [4.78, 5) is 24.7. The fraction of sp³-hybridized carbons (Fsp3) is 0.857. The smallest absolute Gasteiger partial charge is 0.329 e. The van der Waals surface area contributed by atoms with Crippen molar-refractivity contribution in [3.05, 3.63) is 0 Å². The summed E-state index contributed by atoms with van der Waals surface area (Å²) >= 11 is 0. The maximum Gasteiger partial charge on any atom is 0.329 e. The molecule has 0 aromatic rings. The largest absolute Gasteiger partial charge is 0.480 e. The molecule has 0 saturated carbocycles. The Hall–Kier alpha value is -1.26. The van der Waals surface area contributed by atoms with Crippen molar-refractivity contribution in [3.63, 3.8) is 0 Å². The molecule has 110 valence electrons. The summed E-state index contributed by atoms with van der Waals surface area (Å²) < 4.78 is 0. The number of carbonyl (C=O) groups excluding carboxylic acids is 1. The van der Waals surface area contributed by atoms with Gasteiger partial charge in [-0.1, -0.05) is 26.7 Å². The van der Waals surface area contributed by atoms with Crippen LogP contribution in [0.25, 0.3) is 0 Å². The summed E-state index contributed by atoms with van der Waals surface area (Å²) in [5, 5.41) is 12.1. The zero-order chi connectivity index (χ0) is 14.5. The van der Waals surface area contributed by atoms with E-state index in [-0.39, 0.29) is 6.03 Å². The topological polar surface area (TPSA) is 69.6 Å². The molecule has 19 heavy (non-hydrogen) atoms. The summed E-state index contributed by atoms with van der Waals surface area (Å²) in [6.07, 6.45) is 4.48. The van der Waals surface area contributed by atoms with Crippen molar-refractivity contribution in [3.8, 4) is 0 Å². The summed E-state index contributed by atoms with van der Waals surface area (Å²) in [6, 6.07) is -0.244. The normalized spacial score (nSPS) is 22.8. The minimum absolute atomic E-state index is 0.244. The van der Waals surface area contributed by atoms with Gasteiger partial charge in [0.15, 0.2) is 0 Å². The van der Waals surface area contributed by atoms with Gasteiger partial charge in [-0.25, -0.2) is 9.59 Å². The molecule has 1 aliphatic rings. The Balaban J connectivity index is 2.35. The molecule has 1 saturated heterocycles. The Kier molecular flexibility index (Phi) is 5.63. The zero-order valence-corrected chi connectivity index (χ0v) is 12.2. The second kappa shape index (κ2) is 6.78. The molecule has 1 unspecified atom stereocenters. The Bertz CT molecular complexity index is 331. The predicted octanol–water partition coefficient (Wildman–Crippen LogP) is 2.46. The van der Waals surface area contributed by atoms with Crippen LogP contribution in [0.4, 0.5) is 4.79 Å². The number of hydrogen-bond donors (Lipinski definition) is 2. The highest BCUT2D eigenvalue weighted by Crippen LogP contribution is 2.29. The van der Waals surface area contributed by atoms with E-state index in [2.05, 4.69) is 19.2 Å². The molecule has 1 atom stereocenters. The molecule has 1 rings (SSSR count). The molecule has 5 nitrogen and oxygen atoms in total. The van der Waals surface area contributed by atoms with Gasteiger partial charge in [-0.05, 0) is 32.1 Å². The van der Waals surface area contributed by atoms with Crippen molar-refractivity contribution >= 4 is 12.0 Å². The van der Waals surface area contributed by atoms with Crippen molar-refractivity contribution in [1.29, 1.82) is 0 Å². The third kappa shape index (κ3) is 4.11. The first-order chi connectivity index (χ1) is 8.88. The van der Waals surface area contributed by atoms with E-state index >= 15 is 0 Å². The van der Waals surface area contributed by atoms with Gasteiger partial charge in [-0.3, -0.25) is 0 Å². The van der Waals surface area contributed by atoms with E-state index < -0.39 is 11.5 Å². The van der Waals surface area contributed by atoms with Crippen LogP contribution in [0.1, 0.15) is 52.9 Å². The SMILES string of the molecule is CC(C)CCCCNC(=O)N1CCCC1(C)C(=O)O. The quantitative estimate of drug-likeness (QED) is 0.728. The molecule has 0 bridgehead atoms. The van der Waals surface area contributed by atoms with Gasteiger partial charge in [0.2, 0.25) is 0 Å². The molecular formula is C14H26N2O3. The number of carboxylic acid groups (broad SMARTS) is 1. The van der Waals surface area contributed by atoms with Crippen LogP contribution in [-0.2, 0) is 4.79 Å². The third-order valence-corrected chi connectivity index (χ3v) is 3.83. The maximum atomic E-state index is 12.0. The molecule has 0 aromatic heterocycles. The van der Waals surface area contributed by atoms with E-state index in [1.807, 2.05) is 0 Å². The van der Waals surface area contributed by atoms with Gasteiger partial charge in [-0.15, -0.1) is 0 Å². The minimum atomic E-state index is -1.04. The monoisotopic (exact) mass is 270 g/mol. The average molecular weight is 270 g/mol. The summed E-state index contributed by atoms with van der Waals surface area (Å²) in [7, 11) is 0. The standard InChI is InChI=1S/C14H26N2O3/c1-11(2)7-4-5-9-15-13(19)16-10-6-8-14(16,3)12(17)18/h11H,4-10H2,1-3H3,(H,15,19)(H,17,18). The van der Waals surface area contributed by atoms with Gasteiger partial charge in [0.1, 0.15) is 5.54 Å². The predicted molar refractivity (Wildman–Crippen MR) is 74.1 cm³/mol. The molecule has 0 spiro atoms. The number of rotatable bonds is 6. The first-order valence-corrected chi connectivity index (χ1v) is 7.17. The first-order valence-electron chi connectivity index (χ1n) is 7.17. The van der Waals surface area contributed by atoms with Gasteiger partial charge >= 0.3 is 12.0 Å². The van der Waals surface area contributed by atoms with Crippen LogP contribution in [-0.4, -0.2) is 40.6 Å². The number of unbranched alkanes of at least 4 members (excludes halogenated alkanes) is 1. The maximum absolute atomic E-state index is 12.0. The lowest BCUT2D eigenvalue weighted by atomic mass is 10.00. The third-order valence-electron chi connectivity index (χ3n) is 3.83. The highest BCUT2D eigenvalue weighted by molar-refractivity contribution is 5.86. The fourth-order valence-electron chi connectivity index (χ4n) is 2.48. The Labute approximate surface area is 115 Å². The van der Waals surface area contributed by atoms with Crippen LogP contribution in [0.3, 0.4) is 0 Å². The molecule has 1 fully saturated rings. The molecule has 0 radical (unpaired) electrons. The minimum Gasteiger partial charge on any atom is -0.480 e. The molecule has 0 aromatic carbocycles. The van der Waals surface area contributed by atoms with Gasteiger partial charge in [0.25, 0.3) is 0 Å². The van der Waals surface area contributed by atoms with Gasteiger partial charge < -0.3 is 15.3 Å². The van der Waals surface area contributed by atoms with Crippen molar-refractivity contribution in [1.82, 2.24) is 10.2 Å². The molecule has 5 heteroatoms. The number of nitrogens with zero attached hydrogens (tertiary/aromatic N) is 1. The molecule has 2 amide bonds. The Morgan fingerprint density at radius 2 is 2.05 bits per heavy atom. The number of hydrogen-bond acceptors (Lipinski definition) is 2. The van der Waals surface area contributed by atoms with Crippen LogP contribution in [0.15, 0.2) is 0 Å². The van der Waals surface area contributed by atoms with Gasteiger partial charge in [0, 0.05) is 13.1 Å². The summed E-state index contributed by atoms with van der Waals surface area (Å²) in [6.45, 7) is 7.14. The van der Waals surface area contributed by atoms with E-state index in [1.54, 1.807) is 6.92 Å². The number of carboxylic acids is 1. The lowest BCUT2D eigenvalue weighted by molar-refractivity contribution is -0.147. The van der Waals surface area contributed by atoms with E-state index in [1.165, 1.54) is 4.90 Å². The van der Waals surface area contributed by atoms with Crippen molar-refractivity contribution in [2.24, 2.45) is 5.92 Å². The number of carbonyl (C=O) groups is 2. The average Bonchev–Trinajstić information content (AvgIpc) is 2.71. The van der Waals surface area contributed by atoms with E-state index in [0.29, 0.717) is 25.4 Å². The highest BCUT2D eigenvalue weighted by Gasteiger charge is 2.45. The van der Waals surface area contributed by atoms with Crippen molar-refractivity contribution in [2.75, 3.05) is 13.1 Å². The van der Waals surface area contributed by atoms with E-state index in [9.17, 15) is 14.7 Å². The molecule has 1 heterocycles. The van der Waals surface area contributed by atoms with Crippen LogP contribution in [0, 0.1) is 5.92 Å². The number of nitrogens with one attached hydrogen (secondary N) is 1. The number of amides is 2. The summed E-state index contributed by atoms with van der Waals surface area (Å²) in [5.74, 6) is -0.232. The molecular weight excluding hydrogens is 244 g/mol. The number of likely N-dealkylation sites (tertiary alicyclic amines) is 1. The van der Waals surface area contributed by atoms with E-state index in [0.717, 1.165) is 25.7 Å². The second-order valence-corrected chi connectivity index (χ2v) is 5.96. The van der Waals surface area contributed by atoms with Crippen molar-refractivity contribution < 1.29 is 14.7 Å². The van der Waals surface area contributed by atoms with Gasteiger partial charge in [-0.2, -0.15) is 0 Å². The first kappa shape index (κ1) is 15.8. The molecule has 1 aliphatic heterocycles. The fourth-order valence-corrected chi connectivity index (χ4v) is 2.48. The molecule has 0 aliphatic carbocycles. The van der Waals surface area contributed by atoms with Crippen LogP contribution < -0.4 is 5.32 Å². The van der Waals surface area contributed by atoms with Crippen LogP contribution in [0.2, 0.25) is 0 Å². The number of aliphatic carboxylic acids is 1. The highest BCUT2D eigenvalue weighted by atomic mass is 16.4. The summed E-state index contributed by atoms with van der Waals surface area (Å²) in [5.41, 5.74) is -1.04. The zero-order valence-electron chi connectivity index (χ0n) is 12.2. The number of urea groups is 1. The lowest BCUT2D eigenvalue weighted by Gasteiger charge is -2.31. The Morgan fingerprint density at radius 3 is 2.63 bits per heavy atom. The second-order valence-electron chi connectivity index (χ2n) is 5.96. The van der Waals surface area contributed by atoms with Crippen LogP contribution in [0.5, 0.6) is 0 Å². The molecule has 2 N–H and O–H groups in total. The van der Waals surface area contributed by atoms with Crippen LogP contribution >= 0.6 is 0 Å². The van der Waals surface area contributed by atoms with Gasteiger partial charge in [0.05, 0.1) is 0 Å². The van der Waals surface area contributed by atoms with Crippen molar-refractivity contribution in [2.45, 2.75) is 58.4 Å². The Morgan fingerprint density at radius 1 is 1.37 bits per heavy atom. The lowest BCUT2D eigenvalue weighted by Crippen LogP contribution is -2.54.